The van der Waals surface area contributed by atoms with Crippen molar-refractivity contribution >= 4 is 5.91 Å². The molecular weight excluding hydrogens is 256 g/mol. The summed E-state index contributed by atoms with van der Waals surface area (Å²) in [7, 11) is 1.75. The van der Waals surface area contributed by atoms with Crippen LogP contribution in [0.5, 0.6) is 0 Å². The molecule has 2 atom stereocenters. The highest BCUT2D eigenvalue weighted by molar-refractivity contribution is 5.88. The fraction of sp³-hybridized carbons (Fsp3) is 0.714. The maximum atomic E-state index is 12.6. The number of aromatic amines is 1. The van der Waals surface area contributed by atoms with Crippen molar-refractivity contribution < 1.29 is 9.53 Å². The molecule has 6 heteroatoms. The molecule has 2 rings (SSSR count). The first kappa shape index (κ1) is 15.0. The van der Waals surface area contributed by atoms with Crippen LogP contribution in [0.1, 0.15) is 33.0 Å². The minimum absolute atomic E-state index is 0.0402. The monoisotopic (exact) mass is 280 g/mol. The second-order valence-corrected chi connectivity index (χ2v) is 6.04. The van der Waals surface area contributed by atoms with Gasteiger partial charge in [-0.15, -0.1) is 0 Å². The summed E-state index contributed by atoms with van der Waals surface area (Å²) in [6.45, 7) is 7.02. The standard InChI is InChI=1S/C14H24N4O2/c1-5-20-10-8-14(15,13(10,2)3)12(19)18(4)9-11-16-6-7-17-11/h6-7,10H,5,8-9,15H2,1-4H3,(H,16,17). The molecule has 1 amide bonds. The number of amides is 1. The van der Waals surface area contributed by atoms with E-state index in [0.717, 1.165) is 5.82 Å². The number of hydrogen-bond donors (Lipinski definition) is 2. The summed E-state index contributed by atoms with van der Waals surface area (Å²) in [5, 5.41) is 0. The van der Waals surface area contributed by atoms with Crippen LogP contribution in [-0.4, -0.2) is 46.1 Å². The molecule has 6 nitrogen and oxygen atoms in total. The van der Waals surface area contributed by atoms with Gasteiger partial charge in [-0.3, -0.25) is 4.79 Å². The summed E-state index contributed by atoms with van der Waals surface area (Å²) in [6, 6.07) is 0. The molecule has 0 spiro atoms. The first-order chi connectivity index (χ1) is 9.33. The summed E-state index contributed by atoms with van der Waals surface area (Å²) >= 11 is 0. The van der Waals surface area contributed by atoms with Crippen LogP contribution >= 0.6 is 0 Å². The molecule has 0 saturated heterocycles. The molecule has 3 N–H and O–H groups in total. The first-order valence-corrected chi connectivity index (χ1v) is 6.97. The number of carbonyl (C=O) groups is 1. The lowest BCUT2D eigenvalue weighted by atomic mass is 9.54. The highest BCUT2D eigenvalue weighted by Crippen LogP contribution is 2.50. The van der Waals surface area contributed by atoms with Gasteiger partial charge in [0, 0.05) is 37.9 Å². The Morgan fingerprint density at radius 3 is 2.85 bits per heavy atom. The lowest BCUT2D eigenvalue weighted by Gasteiger charge is -2.58. The van der Waals surface area contributed by atoms with E-state index < -0.39 is 5.54 Å². The molecule has 20 heavy (non-hydrogen) atoms. The molecular formula is C14H24N4O2. The highest BCUT2D eigenvalue weighted by Gasteiger charge is 2.63. The van der Waals surface area contributed by atoms with E-state index in [2.05, 4.69) is 9.97 Å². The predicted molar refractivity (Wildman–Crippen MR) is 75.8 cm³/mol. The van der Waals surface area contributed by atoms with Crippen LogP contribution in [0.2, 0.25) is 0 Å². The smallest absolute Gasteiger partial charge is 0.243 e. The van der Waals surface area contributed by atoms with Crippen molar-refractivity contribution in [1.29, 1.82) is 0 Å². The van der Waals surface area contributed by atoms with Crippen molar-refractivity contribution in [1.82, 2.24) is 14.9 Å². The van der Waals surface area contributed by atoms with Gasteiger partial charge in [0.15, 0.2) is 0 Å². The third-order valence-corrected chi connectivity index (χ3v) is 4.50. The average molecular weight is 280 g/mol. The first-order valence-electron chi connectivity index (χ1n) is 6.97. The fourth-order valence-corrected chi connectivity index (χ4v) is 2.82. The van der Waals surface area contributed by atoms with Crippen LogP contribution < -0.4 is 5.73 Å². The number of rotatable bonds is 5. The Kier molecular flexibility index (Phi) is 3.88. The van der Waals surface area contributed by atoms with Crippen molar-refractivity contribution in [2.75, 3.05) is 13.7 Å². The average Bonchev–Trinajstić information content (AvgIpc) is 2.90. The molecule has 2 unspecified atom stereocenters. The maximum Gasteiger partial charge on any atom is 0.243 e. The van der Waals surface area contributed by atoms with Gasteiger partial charge in [0.2, 0.25) is 5.91 Å². The molecule has 0 aromatic carbocycles. The summed E-state index contributed by atoms with van der Waals surface area (Å²) in [6.07, 6.45) is 4.02. The number of imidazole rings is 1. The second-order valence-electron chi connectivity index (χ2n) is 6.04. The molecule has 1 aromatic rings. The number of H-pyrrole nitrogens is 1. The van der Waals surface area contributed by atoms with Crippen LogP contribution in [-0.2, 0) is 16.1 Å². The number of aromatic nitrogens is 2. The molecule has 1 fully saturated rings. The van der Waals surface area contributed by atoms with Crippen LogP contribution in [0.3, 0.4) is 0 Å². The molecule has 0 aliphatic heterocycles. The summed E-state index contributed by atoms with van der Waals surface area (Å²) < 4.78 is 5.66. The van der Waals surface area contributed by atoms with Gasteiger partial charge in [0.1, 0.15) is 11.4 Å². The number of likely N-dealkylation sites (N-methyl/N-ethyl adjacent to an activating group) is 1. The molecule has 0 radical (unpaired) electrons. The number of carbonyl (C=O) groups excluding carboxylic acids is 1. The third kappa shape index (κ3) is 2.23. The quantitative estimate of drug-likeness (QED) is 0.839. The zero-order chi connectivity index (χ0) is 15.0. The summed E-state index contributed by atoms with van der Waals surface area (Å²) in [5.74, 6) is 0.692. The topological polar surface area (TPSA) is 84.2 Å². The van der Waals surface area contributed by atoms with E-state index in [1.807, 2.05) is 20.8 Å². The van der Waals surface area contributed by atoms with E-state index in [-0.39, 0.29) is 17.4 Å². The van der Waals surface area contributed by atoms with Gasteiger partial charge < -0.3 is 20.4 Å². The lowest BCUT2D eigenvalue weighted by molar-refractivity contribution is -0.178. The van der Waals surface area contributed by atoms with Crippen molar-refractivity contribution in [3.63, 3.8) is 0 Å². The second kappa shape index (κ2) is 5.18. The van der Waals surface area contributed by atoms with E-state index in [1.54, 1.807) is 24.3 Å². The Labute approximate surface area is 119 Å². The SMILES string of the molecule is CCOC1CC(N)(C(=O)N(C)Cc2ncc[nH]2)C1(C)C. The fourth-order valence-electron chi connectivity index (χ4n) is 2.82. The zero-order valence-electron chi connectivity index (χ0n) is 12.6. The normalized spacial score (nSPS) is 27.9. The van der Waals surface area contributed by atoms with Crippen molar-refractivity contribution in [3.8, 4) is 0 Å². The minimum atomic E-state index is -0.867. The third-order valence-electron chi connectivity index (χ3n) is 4.50. The van der Waals surface area contributed by atoms with Gasteiger partial charge in [-0.05, 0) is 6.92 Å². The highest BCUT2D eigenvalue weighted by atomic mass is 16.5. The van der Waals surface area contributed by atoms with Crippen LogP contribution in [0.4, 0.5) is 0 Å². The molecule has 0 bridgehead atoms. The van der Waals surface area contributed by atoms with Gasteiger partial charge >= 0.3 is 0 Å². The van der Waals surface area contributed by atoms with Crippen molar-refractivity contribution in [3.05, 3.63) is 18.2 Å². The van der Waals surface area contributed by atoms with Crippen LogP contribution in [0.25, 0.3) is 0 Å². The van der Waals surface area contributed by atoms with Crippen molar-refractivity contribution in [2.24, 2.45) is 11.1 Å². The Morgan fingerprint density at radius 2 is 2.35 bits per heavy atom. The largest absolute Gasteiger partial charge is 0.378 e. The maximum absolute atomic E-state index is 12.6. The van der Waals surface area contributed by atoms with Crippen LogP contribution in [0.15, 0.2) is 12.4 Å². The van der Waals surface area contributed by atoms with Gasteiger partial charge in [0.05, 0.1) is 12.6 Å². The number of ether oxygens (including phenoxy) is 1. The van der Waals surface area contributed by atoms with Crippen molar-refractivity contribution in [2.45, 2.75) is 45.4 Å². The number of nitrogens with one attached hydrogen (secondary N) is 1. The lowest BCUT2D eigenvalue weighted by Crippen LogP contribution is -2.75. The number of nitrogens with zero attached hydrogens (tertiary/aromatic N) is 2. The van der Waals surface area contributed by atoms with Gasteiger partial charge in [-0.25, -0.2) is 4.98 Å². The molecule has 1 heterocycles. The molecule has 1 aliphatic carbocycles. The summed E-state index contributed by atoms with van der Waals surface area (Å²) in [4.78, 5) is 21.4. The van der Waals surface area contributed by atoms with Gasteiger partial charge in [-0.2, -0.15) is 0 Å². The van der Waals surface area contributed by atoms with Crippen LogP contribution in [0, 0.1) is 5.41 Å². The zero-order valence-corrected chi connectivity index (χ0v) is 12.6. The number of hydrogen-bond acceptors (Lipinski definition) is 4. The van der Waals surface area contributed by atoms with E-state index in [0.29, 0.717) is 19.6 Å². The van der Waals surface area contributed by atoms with Gasteiger partial charge in [-0.1, -0.05) is 13.8 Å². The predicted octanol–water partition coefficient (Wildman–Crippen LogP) is 0.901. The summed E-state index contributed by atoms with van der Waals surface area (Å²) in [5.41, 5.74) is 5.14. The van der Waals surface area contributed by atoms with E-state index in [1.165, 1.54) is 0 Å². The van der Waals surface area contributed by atoms with E-state index in [9.17, 15) is 4.79 Å². The van der Waals surface area contributed by atoms with E-state index in [4.69, 9.17) is 10.5 Å². The molecule has 112 valence electrons. The number of nitrogens with two attached hydrogens (primary N) is 1. The Balaban J connectivity index is 2.05. The Bertz CT molecular complexity index is 472. The Morgan fingerprint density at radius 1 is 1.65 bits per heavy atom. The molecule has 1 aliphatic rings. The minimum Gasteiger partial charge on any atom is -0.378 e. The molecule has 1 saturated carbocycles. The molecule has 1 aromatic heterocycles. The Hall–Kier alpha value is -1.40. The van der Waals surface area contributed by atoms with E-state index >= 15 is 0 Å². The van der Waals surface area contributed by atoms with Gasteiger partial charge in [0.25, 0.3) is 0 Å².